The Morgan fingerprint density at radius 1 is 1.50 bits per heavy atom. The minimum atomic E-state index is -2.89. The van der Waals surface area contributed by atoms with E-state index in [0.29, 0.717) is 6.54 Å². The van der Waals surface area contributed by atoms with Gasteiger partial charge in [0.15, 0.2) is 0 Å². The van der Waals surface area contributed by atoms with Gasteiger partial charge in [-0.3, -0.25) is 4.90 Å². The van der Waals surface area contributed by atoms with E-state index in [4.69, 9.17) is 5.11 Å². The highest BCUT2D eigenvalue weighted by Gasteiger charge is 2.46. The van der Waals surface area contributed by atoms with Crippen LogP contribution in [0, 0.1) is 0 Å². The van der Waals surface area contributed by atoms with E-state index in [1.54, 1.807) is 6.92 Å². The third-order valence-electron chi connectivity index (χ3n) is 1.80. The second kappa shape index (κ2) is 4.72. The van der Waals surface area contributed by atoms with E-state index in [0.717, 1.165) is 0 Å². The van der Waals surface area contributed by atoms with Gasteiger partial charge in [0.05, 0.1) is 6.54 Å². The molecule has 1 saturated heterocycles. The van der Waals surface area contributed by atoms with Gasteiger partial charge in [0.1, 0.15) is 6.10 Å². The molecule has 1 aliphatic rings. The molecule has 1 atom stereocenters. The van der Waals surface area contributed by atoms with Gasteiger partial charge >= 0.3 is 0 Å². The first-order valence-electron chi connectivity index (χ1n) is 4.34. The number of aliphatic hydroxyl groups is 1. The summed E-state index contributed by atoms with van der Waals surface area (Å²) in [7, 11) is 0. The van der Waals surface area contributed by atoms with Crippen LogP contribution in [0.1, 0.15) is 20.8 Å². The van der Waals surface area contributed by atoms with Crippen LogP contribution < -0.4 is 0 Å². The molecule has 4 heteroatoms. The highest BCUT2D eigenvalue weighted by Crippen LogP contribution is 2.26. The maximum atomic E-state index is 12.5. The van der Waals surface area contributed by atoms with Crippen molar-refractivity contribution in [2.45, 2.75) is 32.8 Å². The van der Waals surface area contributed by atoms with Crippen molar-refractivity contribution in [3.63, 3.8) is 0 Å². The van der Waals surface area contributed by atoms with Crippen LogP contribution >= 0.6 is 0 Å². The quantitative estimate of drug-likeness (QED) is 0.660. The topological polar surface area (TPSA) is 23.5 Å². The SMILES string of the molecule is CC.CCN1CC(O)C(F)(F)C1. The molecule has 1 unspecified atom stereocenters. The van der Waals surface area contributed by atoms with Gasteiger partial charge in [0.2, 0.25) is 0 Å². The van der Waals surface area contributed by atoms with Gasteiger partial charge in [0.25, 0.3) is 5.92 Å². The van der Waals surface area contributed by atoms with Gasteiger partial charge in [0, 0.05) is 6.54 Å². The van der Waals surface area contributed by atoms with Crippen molar-refractivity contribution >= 4 is 0 Å². The molecular weight excluding hydrogens is 164 g/mol. The van der Waals surface area contributed by atoms with Gasteiger partial charge in [-0.15, -0.1) is 0 Å². The smallest absolute Gasteiger partial charge is 0.287 e. The van der Waals surface area contributed by atoms with E-state index >= 15 is 0 Å². The van der Waals surface area contributed by atoms with Crippen LogP contribution in [0.15, 0.2) is 0 Å². The zero-order chi connectivity index (χ0) is 9.78. The van der Waals surface area contributed by atoms with E-state index < -0.39 is 12.0 Å². The van der Waals surface area contributed by atoms with Gasteiger partial charge in [-0.05, 0) is 6.54 Å². The molecule has 0 bridgehead atoms. The Balaban J connectivity index is 0.000000561. The van der Waals surface area contributed by atoms with Crippen molar-refractivity contribution in [3.05, 3.63) is 0 Å². The Bertz CT molecular complexity index is 130. The summed E-state index contributed by atoms with van der Waals surface area (Å²) in [5, 5.41) is 8.77. The van der Waals surface area contributed by atoms with Gasteiger partial charge in [-0.2, -0.15) is 0 Å². The van der Waals surface area contributed by atoms with Crippen molar-refractivity contribution in [2.24, 2.45) is 0 Å². The third-order valence-corrected chi connectivity index (χ3v) is 1.80. The highest BCUT2D eigenvalue weighted by molar-refractivity contribution is 4.89. The van der Waals surface area contributed by atoms with Crippen LogP contribution in [-0.2, 0) is 0 Å². The largest absolute Gasteiger partial charge is 0.385 e. The molecule has 0 aromatic carbocycles. The number of likely N-dealkylation sites (tertiary alicyclic amines) is 1. The number of hydrogen-bond acceptors (Lipinski definition) is 2. The fourth-order valence-electron chi connectivity index (χ4n) is 1.09. The van der Waals surface area contributed by atoms with E-state index in [1.807, 2.05) is 13.8 Å². The molecule has 0 radical (unpaired) electrons. The van der Waals surface area contributed by atoms with E-state index in [2.05, 4.69) is 0 Å². The van der Waals surface area contributed by atoms with Crippen LogP contribution in [0.3, 0.4) is 0 Å². The molecule has 0 amide bonds. The second-order valence-corrected chi connectivity index (χ2v) is 2.60. The number of rotatable bonds is 1. The van der Waals surface area contributed by atoms with Crippen LogP contribution in [0.5, 0.6) is 0 Å². The molecule has 0 aromatic rings. The monoisotopic (exact) mass is 181 g/mol. The summed E-state index contributed by atoms with van der Waals surface area (Å²) in [5.41, 5.74) is 0. The zero-order valence-electron chi connectivity index (χ0n) is 7.85. The molecule has 74 valence electrons. The Morgan fingerprint density at radius 2 is 2.00 bits per heavy atom. The summed E-state index contributed by atoms with van der Waals surface area (Å²) in [4.78, 5) is 1.53. The average Bonchev–Trinajstić information content (AvgIpc) is 2.30. The molecule has 1 fully saturated rings. The molecule has 0 spiro atoms. The molecule has 12 heavy (non-hydrogen) atoms. The molecule has 0 saturated carbocycles. The molecule has 1 aliphatic heterocycles. The van der Waals surface area contributed by atoms with Crippen LogP contribution in [0.25, 0.3) is 0 Å². The van der Waals surface area contributed by atoms with Crippen molar-refractivity contribution in [1.29, 1.82) is 0 Å². The van der Waals surface area contributed by atoms with E-state index in [9.17, 15) is 8.78 Å². The summed E-state index contributed by atoms with van der Waals surface area (Å²) >= 11 is 0. The Morgan fingerprint density at radius 3 is 2.17 bits per heavy atom. The van der Waals surface area contributed by atoms with Crippen LogP contribution in [0.4, 0.5) is 8.78 Å². The first-order chi connectivity index (χ1) is 5.56. The molecule has 2 nitrogen and oxygen atoms in total. The molecule has 0 aliphatic carbocycles. The van der Waals surface area contributed by atoms with Gasteiger partial charge < -0.3 is 5.11 Å². The number of hydrogen-bond donors (Lipinski definition) is 1. The fraction of sp³-hybridized carbons (Fsp3) is 1.00. The lowest BCUT2D eigenvalue weighted by Gasteiger charge is -2.11. The first kappa shape index (κ1) is 11.8. The molecule has 1 rings (SSSR count). The first-order valence-corrected chi connectivity index (χ1v) is 4.34. The van der Waals surface area contributed by atoms with Gasteiger partial charge in [-0.1, -0.05) is 20.8 Å². The third kappa shape index (κ3) is 2.68. The minimum absolute atomic E-state index is 0.101. The lowest BCUT2D eigenvalue weighted by molar-refractivity contribution is -0.0730. The number of aliphatic hydroxyl groups excluding tert-OH is 1. The summed E-state index contributed by atoms with van der Waals surface area (Å²) in [6.45, 7) is 6.18. The van der Waals surface area contributed by atoms with Crippen molar-refractivity contribution < 1.29 is 13.9 Å². The average molecular weight is 181 g/mol. The number of likely N-dealkylation sites (N-methyl/N-ethyl adjacent to an activating group) is 1. The summed E-state index contributed by atoms with van der Waals surface area (Å²) < 4.78 is 25.0. The van der Waals surface area contributed by atoms with Gasteiger partial charge in [-0.25, -0.2) is 8.78 Å². The number of alkyl halides is 2. The number of β-amino-alcohol motifs (C(OH)–C–C–N with tert-alkyl or cyclic N) is 1. The maximum Gasteiger partial charge on any atom is 0.287 e. The lowest BCUT2D eigenvalue weighted by atomic mass is 10.2. The minimum Gasteiger partial charge on any atom is -0.385 e. The summed E-state index contributed by atoms with van der Waals surface area (Å²) in [5.74, 6) is -2.89. The van der Waals surface area contributed by atoms with Crippen molar-refractivity contribution in [2.75, 3.05) is 19.6 Å². The summed E-state index contributed by atoms with van der Waals surface area (Å²) in [6.07, 6.45) is -1.47. The molecular formula is C8H17F2NO. The zero-order valence-corrected chi connectivity index (χ0v) is 7.85. The Hall–Kier alpha value is -0.220. The maximum absolute atomic E-state index is 12.5. The molecule has 0 aromatic heterocycles. The van der Waals surface area contributed by atoms with E-state index in [1.165, 1.54) is 4.90 Å². The Labute approximate surface area is 72.2 Å². The summed E-state index contributed by atoms with van der Waals surface area (Å²) in [6, 6.07) is 0. The highest BCUT2D eigenvalue weighted by atomic mass is 19.3. The molecule has 1 heterocycles. The normalized spacial score (nSPS) is 28.0. The standard InChI is InChI=1S/C6H11F2NO.C2H6/c1-2-9-3-5(10)6(7,8)4-9;1-2/h5,10H,2-4H2,1H3;1-2H3. The predicted molar refractivity (Wildman–Crippen MR) is 44.4 cm³/mol. The number of nitrogens with zero attached hydrogens (tertiary/aromatic N) is 1. The van der Waals surface area contributed by atoms with Crippen molar-refractivity contribution in [1.82, 2.24) is 4.90 Å². The predicted octanol–water partition coefficient (Wildman–Crippen LogP) is 1.34. The molecule has 1 N–H and O–H groups in total. The van der Waals surface area contributed by atoms with Crippen LogP contribution in [0.2, 0.25) is 0 Å². The van der Waals surface area contributed by atoms with E-state index in [-0.39, 0.29) is 13.1 Å². The van der Waals surface area contributed by atoms with Crippen molar-refractivity contribution in [3.8, 4) is 0 Å². The second-order valence-electron chi connectivity index (χ2n) is 2.60. The van der Waals surface area contributed by atoms with Crippen LogP contribution in [-0.4, -0.2) is 41.7 Å². The fourth-order valence-corrected chi connectivity index (χ4v) is 1.09. The lowest BCUT2D eigenvalue weighted by Crippen LogP contribution is -2.31. The Kier molecular flexibility index (Phi) is 4.63. The number of halogens is 2.